The van der Waals surface area contributed by atoms with Crippen molar-refractivity contribution < 1.29 is 0 Å². The fourth-order valence-corrected chi connectivity index (χ4v) is 5.03. The third-order valence-electron chi connectivity index (χ3n) is 5.14. The minimum Gasteiger partial charge on any atom is -0.313 e. The Morgan fingerprint density at radius 1 is 1.32 bits per heavy atom. The number of rotatable bonds is 5. The van der Waals surface area contributed by atoms with Gasteiger partial charge in [0.1, 0.15) is 0 Å². The molecule has 1 N–H and O–H groups in total. The molecule has 1 aromatic rings. The summed E-state index contributed by atoms with van der Waals surface area (Å²) in [7, 11) is 2.03. The van der Waals surface area contributed by atoms with Gasteiger partial charge in [-0.3, -0.25) is 0 Å². The Balaban J connectivity index is 1.58. The number of thioether (sulfide) groups is 1. The van der Waals surface area contributed by atoms with E-state index in [4.69, 9.17) is 0 Å². The van der Waals surface area contributed by atoms with Crippen molar-refractivity contribution >= 4 is 11.8 Å². The zero-order valence-corrected chi connectivity index (χ0v) is 12.9. The van der Waals surface area contributed by atoms with E-state index in [2.05, 4.69) is 48.3 Å². The molecule has 0 amide bonds. The fourth-order valence-electron chi connectivity index (χ4n) is 3.82. The largest absolute Gasteiger partial charge is 0.313 e. The lowest BCUT2D eigenvalue weighted by Crippen LogP contribution is -2.13. The van der Waals surface area contributed by atoms with Crippen LogP contribution in [0.15, 0.2) is 29.2 Å². The second-order valence-electron chi connectivity index (χ2n) is 6.33. The molecule has 3 rings (SSSR count). The Bertz CT molecular complexity index is 431. The smallest absolute Gasteiger partial charge is 0.0289 e. The van der Waals surface area contributed by atoms with Crippen molar-refractivity contribution in [1.82, 2.24) is 5.32 Å². The van der Waals surface area contributed by atoms with Gasteiger partial charge in [0.2, 0.25) is 0 Å². The number of fused-ring (bicyclic) bond motifs is 2. The molecule has 0 aromatic heterocycles. The van der Waals surface area contributed by atoms with Crippen LogP contribution in [0.4, 0.5) is 0 Å². The highest BCUT2D eigenvalue weighted by molar-refractivity contribution is 7.99. The van der Waals surface area contributed by atoms with Crippen LogP contribution >= 0.6 is 11.8 Å². The molecule has 2 bridgehead atoms. The van der Waals surface area contributed by atoms with Crippen LogP contribution in [0.2, 0.25) is 0 Å². The quantitative estimate of drug-likeness (QED) is 0.794. The van der Waals surface area contributed by atoms with E-state index >= 15 is 0 Å². The van der Waals surface area contributed by atoms with Crippen LogP contribution in [-0.2, 0) is 0 Å². The number of nitrogens with one attached hydrogen (secondary N) is 1. The van der Waals surface area contributed by atoms with Crippen molar-refractivity contribution in [2.24, 2.45) is 17.8 Å². The minimum absolute atomic E-state index is 0.447. The van der Waals surface area contributed by atoms with Crippen LogP contribution in [0.5, 0.6) is 0 Å². The molecule has 2 saturated carbocycles. The van der Waals surface area contributed by atoms with Crippen molar-refractivity contribution in [1.29, 1.82) is 0 Å². The van der Waals surface area contributed by atoms with Crippen molar-refractivity contribution in [2.45, 2.75) is 43.5 Å². The number of hydrogen-bond acceptors (Lipinski definition) is 2. The molecule has 2 heteroatoms. The number of benzene rings is 1. The van der Waals surface area contributed by atoms with Gasteiger partial charge in [-0.05, 0) is 68.7 Å². The first-order valence-corrected chi connectivity index (χ1v) is 8.65. The first-order valence-electron chi connectivity index (χ1n) is 7.66. The molecule has 0 spiro atoms. The average Bonchev–Trinajstić information content (AvgIpc) is 3.07. The molecule has 2 aliphatic carbocycles. The second kappa shape index (κ2) is 5.88. The van der Waals surface area contributed by atoms with Crippen LogP contribution in [-0.4, -0.2) is 12.8 Å². The van der Waals surface area contributed by atoms with Crippen molar-refractivity contribution in [3.05, 3.63) is 29.8 Å². The molecule has 2 fully saturated rings. The first kappa shape index (κ1) is 13.5. The van der Waals surface area contributed by atoms with E-state index in [1.165, 1.54) is 41.9 Å². The highest BCUT2D eigenvalue weighted by Crippen LogP contribution is 2.49. The molecule has 2 aliphatic rings. The Kier molecular flexibility index (Phi) is 4.18. The van der Waals surface area contributed by atoms with E-state index in [0.29, 0.717) is 6.04 Å². The van der Waals surface area contributed by atoms with E-state index in [0.717, 1.165) is 17.8 Å². The monoisotopic (exact) mass is 275 g/mol. The Labute approximate surface area is 121 Å². The van der Waals surface area contributed by atoms with Gasteiger partial charge in [0.15, 0.2) is 0 Å². The summed E-state index contributed by atoms with van der Waals surface area (Å²) in [6.45, 7) is 2.22. The maximum Gasteiger partial charge on any atom is 0.0289 e. The van der Waals surface area contributed by atoms with Crippen LogP contribution in [0, 0.1) is 17.8 Å². The summed E-state index contributed by atoms with van der Waals surface area (Å²) >= 11 is 2.07. The predicted molar refractivity (Wildman–Crippen MR) is 83.6 cm³/mol. The lowest BCUT2D eigenvalue weighted by atomic mass is 9.90. The first-order chi connectivity index (χ1) is 9.26. The summed E-state index contributed by atoms with van der Waals surface area (Å²) in [5.74, 6) is 4.45. The van der Waals surface area contributed by atoms with Crippen molar-refractivity contribution in [2.75, 3.05) is 12.8 Å². The molecule has 1 nitrogen and oxygen atoms in total. The molecule has 0 heterocycles. The Hall–Kier alpha value is -0.470. The summed E-state index contributed by atoms with van der Waals surface area (Å²) in [6, 6.07) is 9.50. The summed E-state index contributed by atoms with van der Waals surface area (Å²) in [5.41, 5.74) is 1.40. The molecule has 0 radical (unpaired) electrons. The summed E-state index contributed by atoms with van der Waals surface area (Å²) in [4.78, 5) is 1.45. The maximum absolute atomic E-state index is 3.32. The lowest BCUT2D eigenvalue weighted by Gasteiger charge is -2.21. The third-order valence-corrected chi connectivity index (χ3v) is 6.32. The maximum atomic E-state index is 3.32. The molecule has 0 saturated heterocycles. The van der Waals surface area contributed by atoms with Crippen molar-refractivity contribution in [3.63, 3.8) is 0 Å². The van der Waals surface area contributed by atoms with Crippen LogP contribution in [0.25, 0.3) is 0 Å². The van der Waals surface area contributed by atoms with Gasteiger partial charge in [0, 0.05) is 16.7 Å². The Morgan fingerprint density at radius 2 is 2.21 bits per heavy atom. The molecule has 1 aromatic carbocycles. The molecular weight excluding hydrogens is 250 g/mol. The van der Waals surface area contributed by atoms with Gasteiger partial charge in [-0.2, -0.15) is 0 Å². The normalized spacial score (nSPS) is 30.7. The van der Waals surface area contributed by atoms with E-state index in [-0.39, 0.29) is 0 Å². The topological polar surface area (TPSA) is 12.0 Å². The average molecular weight is 275 g/mol. The zero-order chi connectivity index (χ0) is 13.2. The molecule has 4 atom stereocenters. The zero-order valence-electron chi connectivity index (χ0n) is 12.1. The SMILES string of the molecule is CNC(C)c1cccc(SCC2CC3CCC2C3)c1. The van der Waals surface area contributed by atoms with Crippen molar-refractivity contribution in [3.8, 4) is 0 Å². The van der Waals surface area contributed by atoms with Crippen LogP contribution in [0.1, 0.15) is 44.2 Å². The highest BCUT2D eigenvalue weighted by atomic mass is 32.2. The standard InChI is InChI=1S/C17H25NS/c1-12(18-2)14-4-3-5-17(10-14)19-11-16-9-13-6-7-15(16)8-13/h3-5,10,12-13,15-16,18H,6-9,11H2,1-2H3. The van der Waals surface area contributed by atoms with E-state index in [1.54, 1.807) is 0 Å². The Morgan fingerprint density at radius 3 is 2.89 bits per heavy atom. The minimum atomic E-state index is 0.447. The summed E-state index contributed by atoms with van der Waals surface area (Å²) in [5, 5.41) is 3.32. The molecule has 104 valence electrons. The van der Waals surface area contributed by atoms with Gasteiger partial charge in [0.25, 0.3) is 0 Å². The molecular formula is C17H25NS. The van der Waals surface area contributed by atoms with Gasteiger partial charge in [-0.15, -0.1) is 11.8 Å². The van der Waals surface area contributed by atoms with Gasteiger partial charge >= 0.3 is 0 Å². The fraction of sp³-hybridized carbons (Fsp3) is 0.647. The second-order valence-corrected chi connectivity index (χ2v) is 7.42. The van der Waals surface area contributed by atoms with Crippen LogP contribution in [0.3, 0.4) is 0 Å². The molecule has 19 heavy (non-hydrogen) atoms. The van der Waals surface area contributed by atoms with Gasteiger partial charge < -0.3 is 5.32 Å². The third kappa shape index (κ3) is 3.00. The van der Waals surface area contributed by atoms with E-state index in [9.17, 15) is 0 Å². The number of hydrogen-bond donors (Lipinski definition) is 1. The van der Waals surface area contributed by atoms with Gasteiger partial charge in [0.05, 0.1) is 0 Å². The molecule has 4 unspecified atom stereocenters. The van der Waals surface area contributed by atoms with Gasteiger partial charge in [-0.25, -0.2) is 0 Å². The van der Waals surface area contributed by atoms with E-state index in [1.807, 2.05) is 7.05 Å². The highest BCUT2D eigenvalue weighted by Gasteiger charge is 2.39. The summed E-state index contributed by atoms with van der Waals surface area (Å²) in [6.07, 6.45) is 6.06. The predicted octanol–water partition coefficient (Wildman–Crippen LogP) is 4.50. The molecule has 0 aliphatic heterocycles. The van der Waals surface area contributed by atoms with Gasteiger partial charge in [-0.1, -0.05) is 18.6 Å². The van der Waals surface area contributed by atoms with E-state index < -0.39 is 0 Å². The lowest BCUT2D eigenvalue weighted by molar-refractivity contribution is 0.365. The van der Waals surface area contributed by atoms with Crippen LogP contribution < -0.4 is 5.32 Å². The summed E-state index contributed by atoms with van der Waals surface area (Å²) < 4.78 is 0.